The molecule has 0 saturated carbocycles. The Morgan fingerprint density at radius 3 is 2.73 bits per heavy atom. The van der Waals surface area contributed by atoms with Crippen molar-refractivity contribution in [3.05, 3.63) is 66.2 Å². The summed E-state index contributed by atoms with van der Waals surface area (Å²) in [6.45, 7) is 3.23. The molecule has 5 rings (SSSR count). The number of methoxy groups -OCH3 is 1. The average molecular weight is 556 g/mol. The van der Waals surface area contributed by atoms with E-state index in [1.807, 2.05) is 13.0 Å². The third kappa shape index (κ3) is 6.56. The molecule has 13 nitrogen and oxygen atoms in total. The largest absolute Gasteiger partial charge is 0.495 e. The summed E-state index contributed by atoms with van der Waals surface area (Å²) in [5.74, 6) is 1.09. The molecule has 0 spiro atoms. The number of rotatable bonds is 9. The number of carbonyl (C=O) groups excluding carboxylic acids is 1. The molecule has 2 aromatic heterocycles. The lowest BCUT2D eigenvalue weighted by Crippen LogP contribution is -2.42. The van der Waals surface area contributed by atoms with Gasteiger partial charge in [0.25, 0.3) is 5.91 Å². The Balaban J connectivity index is 1.28. The SMILES string of the molecule is COc1cc(C(=O)N2CCCC(O)C2)ccc1Nc1ncc(-c2ccc(C#N)c(OC(C)Cn3cnnn3)c2)cn1. The predicted octanol–water partition coefficient (Wildman–Crippen LogP) is 2.82. The molecule has 2 atom stereocenters. The molecular weight excluding hydrogens is 526 g/mol. The Morgan fingerprint density at radius 2 is 2.02 bits per heavy atom. The van der Waals surface area contributed by atoms with Crippen LogP contribution in [0.15, 0.2) is 55.1 Å². The van der Waals surface area contributed by atoms with E-state index in [2.05, 4.69) is 36.9 Å². The van der Waals surface area contributed by atoms with E-state index in [1.165, 1.54) is 13.4 Å². The number of nitriles is 1. The van der Waals surface area contributed by atoms with Gasteiger partial charge in [0.1, 0.15) is 30.0 Å². The van der Waals surface area contributed by atoms with Gasteiger partial charge in [0, 0.05) is 36.6 Å². The Hall–Kier alpha value is -5.09. The minimum Gasteiger partial charge on any atom is -0.495 e. The minimum absolute atomic E-state index is 0.148. The fourth-order valence-electron chi connectivity index (χ4n) is 4.58. The molecule has 41 heavy (non-hydrogen) atoms. The molecule has 0 bridgehead atoms. The number of aliphatic hydroxyl groups excluding tert-OH is 1. The quantitative estimate of drug-likeness (QED) is 0.312. The average Bonchev–Trinajstić information content (AvgIpc) is 3.50. The van der Waals surface area contributed by atoms with Crippen molar-refractivity contribution in [3.63, 3.8) is 0 Å². The highest BCUT2D eigenvalue weighted by Crippen LogP contribution is 2.30. The van der Waals surface area contributed by atoms with Crippen LogP contribution in [-0.4, -0.2) is 78.5 Å². The van der Waals surface area contributed by atoms with Crippen LogP contribution in [0, 0.1) is 11.3 Å². The summed E-state index contributed by atoms with van der Waals surface area (Å²) in [6, 6.07) is 12.6. The van der Waals surface area contributed by atoms with Crippen LogP contribution >= 0.6 is 0 Å². The number of anilines is 2. The lowest BCUT2D eigenvalue weighted by Gasteiger charge is -2.30. The van der Waals surface area contributed by atoms with E-state index >= 15 is 0 Å². The predicted molar refractivity (Wildman–Crippen MR) is 148 cm³/mol. The van der Waals surface area contributed by atoms with Crippen LogP contribution < -0.4 is 14.8 Å². The Bertz CT molecular complexity index is 1540. The van der Waals surface area contributed by atoms with Crippen molar-refractivity contribution in [2.45, 2.75) is 38.5 Å². The standard InChI is InChI=1S/C28H29N9O4/c1-18(15-37-17-32-34-35-37)41-25-10-19(5-6-21(25)12-29)22-13-30-28(31-14-22)33-24-8-7-20(11-26(24)40-2)27(39)36-9-3-4-23(38)16-36/h5-8,10-11,13-14,17-18,23,38H,3-4,9,15-16H2,1-2H3,(H,30,31,33). The topological polar surface area (TPSA) is 164 Å². The highest BCUT2D eigenvalue weighted by atomic mass is 16.5. The molecule has 0 aliphatic carbocycles. The van der Waals surface area contributed by atoms with E-state index in [4.69, 9.17) is 9.47 Å². The molecule has 2 unspecified atom stereocenters. The van der Waals surface area contributed by atoms with Gasteiger partial charge in [0.2, 0.25) is 5.95 Å². The van der Waals surface area contributed by atoms with Crippen LogP contribution in [0.1, 0.15) is 35.7 Å². The third-order valence-corrected chi connectivity index (χ3v) is 6.63. The van der Waals surface area contributed by atoms with Crippen LogP contribution in [0.25, 0.3) is 11.1 Å². The highest BCUT2D eigenvalue weighted by molar-refractivity contribution is 5.95. The van der Waals surface area contributed by atoms with Gasteiger partial charge < -0.3 is 24.8 Å². The number of ether oxygens (including phenoxy) is 2. The Labute approximate surface area is 236 Å². The van der Waals surface area contributed by atoms with Crippen molar-refractivity contribution in [2.24, 2.45) is 0 Å². The van der Waals surface area contributed by atoms with Crippen molar-refractivity contribution in [2.75, 3.05) is 25.5 Å². The van der Waals surface area contributed by atoms with Gasteiger partial charge in [-0.25, -0.2) is 14.6 Å². The van der Waals surface area contributed by atoms with E-state index in [1.54, 1.807) is 52.3 Å². The normalized spacial score (nSPS) is 15.6. The number of likely N-dealkylation sites (tertiary alicyclic amines) is 1. The summed E-state index contributed by atoms with van der Waals surface area (Å²) < 4.78 is 13.1. The second kappa shape index (κ2) is 12.4. The number of hydrogen-bond donors (Lipinski definition) is 2. The molecular formula is C28H29N9O4. The zero-order chi connectivity index (χ0) is 28.8. The van der Waals surface area contributed by atoms with Gasteiger partial charge in [-0.3, -0.25) is 4.79 Å². The van der Waals surface area contributed by atoms with Crippen molar-refractivity contribution in [3.8, 4) is 28.7 Å². The summed E-state index contributed by atoms with van der Waals surface area (Å²) in [4.78, 5) is 23.5. The number of nitrogens with zero attached hydrogens (tertiary/aromatic N) is 8. The Kier molecular flexibility index (Phi) is 8.31. The third-order valence-electron chi connectivity index (χ3n) is 6.63. The van der Waals surface area contributed by atoms with E-state index in [-0.39, 0.29) is 12.0 Å². The number of amides is 1. The summed E-state index contributed by atoms with van der Waals surface area (Å²) in [5.41, 5.74) is 2.99. The number of tetrazole rings is 1. The summed E-state index contributed by atoms with van der Waals surface area (Å²) in [7, 11) is 1.53. The van der Waals surface area contributed by atoms with Crippen LogP contribution in [0.3, 0.4) is 0 Å². The van der Waals surface area contributed by atoms with Gasteiger partial charge in [-0.05, 0) is 66.1 Å². The number of nitrogens with one attached hydrogen (secondary N) is 1. The van der Waals surface area contributed by atoms with E-state index < -0.39 is 6.10 Å². The lowest BCUT2D eigenvalue weighted by atomic mass is 10.1. The molecule has 1 saturated heterocycles. The molecule has 1 fully saturated rings. The molecule has 0 radical (unpaired) electrons. The van der Waals surface area contributed by atoms with Gasteiger partial charge in [0.15, 0.2) is 0 Å². The second-order valence-electron chi connectivity index (χ2n) is 9.67. The highest BCUT2D eigenvalue weighted by Gasteiger charge is 2.24. The maximum atomic E-state index is 12.9. The summed E-state index contributed by atoms with van der Waals surface area (Å²) in [6.07, 6.45) is 5.53. The maximum absolute atomic E-state index is 12.9. The lowest BCUT2D eigenvalue weighted by molar-refractivity contribution is 0.0473. The molecule has 1 aliphatic rings. The zero-order valence-corrected chi connectivity index (χ0v) is 22.6. The molecule has 4 aromatic rings. The first-order valence-corrected chi connectivity index (χ1v) is 13.1. The fraction of sp³-hybridized carbons (Fsp3) is 0.321. The van der Waals surface area contributed by atoms with Gasteiger partial charge in [0.05, 0.1) is 31.0 Å². The number of aliphatic hydroxyl groups is 1. The number of carbonyl (C=O) groups is 1. The van der Waals surface area contributed by atoms with E-state index in [9.17, 15) is 15.2 Å². The molecule has 2 N–H and O–H groups in total. The molecule has 3 heterocycles. The van der Waals surface area contributed by atoms with Crippen molar-refractivity contribution >= 4 is 17.5 Å². The van der Waals surface area contributed by atoms with Crippen LogP contribution in [0.4, 0.5) is 11.6 Å². The zero-order valence-electron chi connectivity index (χ0n) is 22.6. The molecule has 2 aromatic carbocycles. The molecule has 13 heteroatoms. The number of benzene rings is 2. The van der Waals surface area contributed by atoms with Crippen molar-refractivity contribution in [1.29, 1.82) is 5.26 Å². The summed E-state index contributed by atoms with van der Waals surface area (Å²) in [5, 5.41) is 33.7. The first kappa shape index (κ1) is 27.5. The van der Waals surface area contributed by atoms with Gasteiger partial charge in [-0.15, -0.1) is 5.10 Å². The van der Waals surface area contributed by atoms with Crippen LogP contribution in [0.5, 0.6) is 11.5 Å². The van der Waals surface area contributed by atoms with Gasteiger partial charge >= 0.3 is 0 Å². The van der Waals surface area contributed by atoms with Gasteiger partial charge in [-0.1, -0.05) is 6.07 Å². The van der Waals surface area contributed by atoms with Crippen LogP contribution in [-0.2, 0) is 6.54 Å². The summed E-state index contributed by atoms with van der Waals surface area (Å²) >= 11 is 0. The van der Waals surface area contributed by atoms with Gasteiger partial charge in [-0.2, -0.15) is 5.26 Å². The molecule has 1 amide bonds. The van der Waals surface area contributed by atoms with Crippen molar-refractivity contribution in [1.82, 2.24) is 35.1 Å². The fourth-order valence-corrected chi connectivity index (χ4v) is 4.58. The number of β-amino-alcohol motifs (C(OH)–C–C–N with tert-alkyl or cyclic N) is 1. The monoisotopic (exact) mass is 555 g/mol. The van der Waals surface area contributed by atoms with E-state index in [0.717, 1.165) is 17.5 Å². The first-order valence-electron chi connectivity index (χ1n) is 13.1. The smallest absolute Gasteiger partial charge is 0.254 e. The Morgan fingerprint density at radius 1 is 1.20 bits per heavy atom. The number of aromatic nitrogens is 6. The molecule has 1 aliphatic heterocycles. The van der Waals surface area contributed by atoms with Crippen molar-refractivity contribution < 1.29 is 19.4 Å². The number of hydrogen-bond acceptors (Lipinski definition) is 11. The number of piperidine rings is 1. The second-order valence-corrected chi connectivity index (χ2v) is 9.67. The first-order chi connectivity index (χ1) is 19.9. The minimum atomic E-state index is -0.495. The van der Waals surface area contributed by atoms with E-state index in [0.29, 0.717) is 60.3 Å². The molecule has 210 valence electrons. The van der Waals surface area contributed by atoms with Crippen LogP contribution in [0.2, 0.25) is 0 Å². The maximum Gasteiger partial charge on any atom is 0.254 e.